The van der Waals surface area contributed by atoms with E-state index in [0.717, 1.165) is 60.0 Å². The molecule has 0 unspecified atom stereocenters. The van der Waals surface area contributed by atoms with E-state index in [4.69, 9.17) is 9.82 Å². The second-order valence-electron chi connectivity index (χ2n) is 6.47. The Balaban J connectivity index is 1.84. The van der Waals surface area contributed by atoms with Crippen molar-refractivity contribution in [3.8, 4) is 0 Å². The van der Waals surface area contributed by atoms with Gasteiger partial charge in [-0.3, -0.25) is 14.6 Å². The highest BCUT2D eigenvalue weighted by Crippen LogP contribution is 2.25. The molecule has 3 aromatic rings. The maximum absolute atomic E-state index is 11.9. The van der Waals surface area contributed by atoms with Crippen molar-refractivity contribution in [1.82, 2.24) is 19.6 Å². The molecule has 0 saturated heterocycles. The van der Waals surface area contributed by atoms with Crippen molar-refractivity contribution < 1.29 is 9.63 Å². The number of unbranched alkanes of at least 4 members (excludes halogenated alkanes) is 1. The van der Waals surface area contributed by atoms with E-state index in [0.29, 0.717) is 6.42 Å². The number of nitrogens with zero attached hydrogens (tertiary/aromatic N) is 4. The molecule has 0 spiro atoms. The van der Waals surface area contributed by atoms with Crippen LogP contribution in [-0.4, -0.2) is 39.7 Å². The van der Waals surface area contributed by atoms with Crippen LogP contribution in [0.1, 0.15) is 38.4 Å². The Hall–Kier alpha value is -2.47. The molecule has 26 heavy (non-hydrogen) atoms. The lowest BCUT2D eigenvalue weighted by molar-refractivity contribution is -0.168. The molecule has 0 aliphatic heterocycles. The second kappa shape index (κ2) is 8.27. The van der Waals surface area contributed by atoms with E-state index in [1.807, 2.05) is 24.4 Å². The van der Waals surface area contributed by atoms with Gasteiger partial charge in [-0.05, 0) is 25.3 Å². The van der Waals surface area contributed by atoms with E-state index >= 15 is 0 Å². The Labute approximate surface area is 153 Å². The average Bonchev–Trinajstić information content (AvgIpc) is 3.02. The van der Waals surface area contributed by atoms with Gasteiger partial charge in [-0.2, -0.15) is 0 Å². The molecular formula is C20H26N4O2. The predicted octanol–water partition coefficient (Wildman–Crippen LogP) is 3.73. The Kier molecular flexibility index (Phi) is 5.83. The number of hydrogen-bond acceptors (Lipinski definition) is 4. The number of fused-ring (bicyclic) bond motifs is 3. The Bertz CT molecular complexity index is 903. The van der Waals surface area contributed by atoms with E-state index < -0.39 is 0 Å². The van der Waals surface area contributed by atoms with Crippen molar-refractivity contribution in [2.24, 2.45) is 0 Å². The summed E-state index contributed by atoms with van der Waals surface area (Å²) in [5.74, 6) is 1.10. The van der Waals surface area contributed by atoms with Gasteiger partial charge in [0, 0.05) is 31.8 Å². The quantitative estimate of drug-likeness (QED) is 0.457. The molecule has 138 valence electrons. The Morgan fingerprint density at radius 2 is 2.04 bits per heavy atom. The van der Waals surface area contributed by atoms with E-state index in [-0.39, 0.29) is 5.91 Å². The maximum Gasteiger partial charge on any atom is 0.245 e. The van der Waals surface area contributed by atoms with E-state index in [1.165, 1.54) is 12.2 Å². The number of benzene rings is 1. The summed E-state index contributed by atoms with van der Waals surface area (Å²) in [5.41, 5.74) is 3.09. The third kappa shape index (κ3) is 3.70. The van der Waals surface area contributed by atoms with E-state index in [1.54, 1.807) is 7.05 Å². The molecule has 6 heteroatoms. The number of aryl methyl sites for hydroxylation is 2. The van der Waals surface area contributed by atoms with Crippen LogP contribution in [0.15, 0.2) is 30.5 Å². The van der Waals surface area contributed by atoms with Crippen LogP contribution in [0.3, 0.4) is 0 Å². The summed E-state index contributed by atoms with van der Waals surface area (Å²) in [7, 11) is 3.15. The van der Waals surface area contributed by atoms with Gasteiger partial charge < -0.3 is 4.57 Å². The van der Waals surface area contributed by atoms with Gasteiger partial charge in [0.2, 0.25) is 5.91 Å². The van der Waals surface area contributed by atoms with Gasteiger partial charge in [-0.25, -0.2) is 10.0 Å². The van der Waals surface area contributed by atoms with Crippen molar-refractivity contribution in [2.75, 3.05) is 14.2 Å². The molecule has 0 fully saturated rings. The van der Waals surface area contributed by atoms with Crippen molar-refractivity contribution >= 4 is 27.8 Å². The lowest BCUT2D eigenvalue weighted by atomic mass is 10.2. The highest BCUT2D eigenvalue weighted by molar-refractivity contribution is 6.02. The normalized spacial score (nSPS) is 11.3. The van der Waals surface area contributed by atoms with E-state index in [2.05, 4.69) is 22.5 Å². The second-order valence-corrected chi connectivity index (χ2v) is 6.47. The summed E-state index contributed by atoms with van der Waals surface area (Å²) in [6, 6.07) is 8.19. The number of para-hydroxylation sites is 1. The fourth-order valence-corrected chi connectivity index (χ4v) is 3.27. The number of rotatable bonds is 8. The van der Waals surface area contributed by atoms with Crippen LogP contribution < -0.4 is 0 Å². The largest absolute Gasteiger partial charge is 0.327 e. The first kappa shape index (κ1) is 18.3. The minimum Gasteiger partial charge on any atom is -0.327 e. The number of hydrogen-bond donors (Lipinski definition) is 0. The monoisotopic (exact) mass is 354 g/mol. The smallest absolute Gasteiger partial charge is 0.245 e. The summed E-state index contributed by atoms with van der Waals surface area (Å²) in [4.78, 5) is 26.1. The third-order valence-electron chi connectivity index (χ3n) is 4.68. The minimum absolute atomic E-state index is 0.00595. The fraction of sp³-hybridized carbons (Fsp3) is 0.450. The standard InChI is InChI=1S/C20H26N4O2/c1-4-9-18-22-17-14-21-16-11-6-5-10-15(16)20(17)24(18)13-8-7-12-19(25)23(2)26-3/h5-6,10-11,14H,4,7-9,12-13H2,1-3H3. The summed E-state index contributed by atoms with van der Waals surface area (Å²) in [6.07, 6.45) is 6.08. The van der Waals surface area contributed by atoms with Crippen molar-refractivity contribution in [1.29, 1.82) is 0 Å². The molecule has 2 aromatic heterocycles. The number of imidazole rings is 1. The lowest BCUT2D eigenvalue weighted by Gasteiger charge is -2.14. The molecule has 1 amide bonds. The fourth-order valence-electron chi connectivity index (χ4n) is 3.27. The molecule has 0 N–H and O–H groups in total. The number of amides is 1. The van der Waals surface area contributed by atoms with Gasteiger partial charge in [0.1, 0.15) is 11.3 Å². The molecular weight excluding hydrogens is 328 g/mol. The minimum atomic E-state index is 0.00595. The molecule has 0 radical (unpaired) electrons. The molecule has 1 aromatic carbocycles. The third-order valence-corrected chi connectivity index (χ3v) is 4.68. The number of pyridine rings is 1. The van der Waals surface area contributed by atoms with Gasteiger partial charge in [0.25, 0.3) is 0 Å². The van der Waals surface area contributed by atoms with Gasteiger partial charge in [0.05, 0.1) is 24.3 Å². The van der Waals surface area contributed by atoms with Gasteiger partial charge >= 0.3 is 0 Å². The van der Waals surface area contributed by atoms with Crippen LogP contribution in [0.2, 0.25) is 0 Å². The van der Waals surface area contributed by atoms with Crippen molar-refractivity contribution in [3.63, 3.8) is 0 Å². The summed E-state index contributed by atoms with van der Waals surface area (Å²) < 4.78 is 2.31. The average molecular weight is 354 g/mol. The number of carbonyl (C=O) groups is 1. The maximum atomic E-state index is 11.9. The summed E-state index contributed by atoms with van der Waals surface area (Å²) in [6.45, 7) is 3.02. The van der Waals surface area contributed by atoms with Crippen LogP contribution in [0, 0.1) is 0 Å². The first-order chi connectivity index (χ1) is 12.7. The highest BCUT2D eigenvalue weighted by atomic mass is 16.7. The lowest BCUT2D eigenvalue weighted by Crippen LogP contribution is -2.25. The SMILES string of the molecule is CCCc1nc2cnc3ccccc3c2n1CCCCC(=O)N(C)OC. The van der Waals surface area contributed by atoms with Crippen LogP contribution in [0.25, 0.3) is 21.9 Å². The van der Waals surface area contributed by atoms with Crippen LogP contribution in [0.5, 0.6) is 0 Å². The molecule has 2 heterocycles. The van der Waals surface area contributed by atoms with Crippen molar-refractivity contribution in [3.05, 3.63) is 36.3 Å². The molecule has 0 aliphatic rings. The molecule has 0 bridgehead atoms. The van der Waals surface area contributed by atoms with E-state index in [9.17, 15) is 4.79 Å². The molecule has 0 aliphatic carbocycles. The zero-order valence-corrected chi connectivity index (χ0v) is 15.7. The summed E-state index contributed by atoms with van der Waals surface area (Å²) in [5, 5.41) is 2.42. The number of hydroxylamine groups is 2. The predicted molar refractivity (Wildman–Crippen MR) is 103 cm³/mol. The zero-order chi connectivity index (χ0) is 18.5. The first-order valence-electron chi connectivity index (χ1n) is 9.19. The van der Waals surface area contributed by atoms with Crippen LogP contribution >= 0.6 is 0 Å². The highest BCUT2D eigenvalue weighted by Gasteiger charge is 2.14. The number of aromatic nitrogens is 3. The van der Waals surface area contributed by atoms with Crippen LogP contribution in [0.4, 0.5) is 0 Å². The topological polar surface area (TPSA) is 60.2 Å². The molecule has 3 rings (SSSR count). The molecule has 6 nitrogen and oxygen atoms in total. The number of carbonyl (C=O) groups excluding carboxylic acids is 1. The Morgan fingerprint density at radius 1 is 1.23 bits per heavy atom. The van der Waals surface area contributed by atoms with Crippen molar-refractivity contribution in [2.45, 2.75) is 45.6 Å². The van der Waals surface area contributed by atoms with Gasteiger partial charge in [-0.1, -0.05) is 25.1 Å². The Morgan fingerprint density at radius 3 is 2.81 bits per heavy atom. The van der Waals surface area contributed by atoms with Gasteiger partial charge in [-0.15, -0.1) is 0 Å². The van der Waals surface area contributed by atoms with Crippen LogP contribution in [-0.2, 0) is 22.6 Å². The first-order valence-corrected chi connectivity index (χ1v) is 9.19. The molecule has 0 saturated carbocycles. The molecule has 0 atom stereocenters. The summed E-state index contributed by atoms with van der Waals surface area (Å²) >= 11 is 0. The zero-order valence-electron chi connectivity index (χ0n) is 15.7. The van der Waals surface area contributed by atoms with Gasteiger partial charge in [0.15, 0.2) is 0 Å².